The average molecular weight is 1910 g/mol. The molecule has 0 aliphatic heterocycles. The molecule has 147 heavy (non-hydrogen) atoms. The smallest absolute Gasteiger partial charge is 0.159 e. The van der Waals surface area contributed by atoms with Crippen LogP contribution in [0.2, 0.25) is 0 Å². The van der Waals surface area contributed by atoms with Crippen molar-refractivity contribution in [2.24, 2.45) is 0 Å². The molecule has 0 amide bonds. The maximum atomic E-state index is 6.36. The average Bonchev–Trinajstić information content (AvgIpc) is 0.984. The van der Waals surface area contributed by atoms with Crippen LogP contribution in [0.25, 0.3) is 451 Å². The monoisotopic (exact) mass is 1910 g/mol. The van der Waals surface area contributed by atoms with Crippen molar-refractivity contribution < 1.29 is 13.3 Å². The molecular formula is C127H46N14O3S3. The lowest BCUT2D eigenvalue weighted by Crippen LogP contribution is -2.11. The number of pyridine rings is 24. The van der Waals surface area contributed by atoms with Gasteiger partial charge in [0, 0.05) is 238 Å². The Balaban J connectivity index is 0.0000000690. The number of aromatic nitrogens is 14. The van der Waals surface area contributed by atoms with Gasteiger partial charge in [-0.25, -0.2) is 0 Å². The van der Waals surface area contributed by atoms with Crippen molar-refractivity contribution in [2.75, 3.05) is 0 Å². The summed E-state index contributed by atoms with van der Waals surface area (Å²) in [7, 11) is 0. The van der Waals surface area contributed by atoms with Gasteiger partial charge in [0.15, 0.2) is 16.7 Å². The van der Waals surface area contributed by atoms with Crippen LogP contribution < -0.4 is 5.22 Å². The molecule has 52 rings (SSSR count). The zero-order valence-corrected chi connectivity index (χ0v) is 78.2. The van der Waals surface area contributed by atoms with Gasteiger partial charge in [-0.05, 0) is 158 Å². The highest BCUT2D eigenvalue weighted by Gasteiger charge is 2.42. The minimum atomic E-state index is 0.945. The second kappa shape index (κ2) is 19.6. The molecule has 1 aliphatic rings. The van der Waals surface area contributed by atoms with Crippen LogP contribution >= 0.6 is 34.0 Å². The van der Waals surface area contributed by atoms with E-state index in [0.29, 0.717) is 0 Å². The minimum absolute atomic E-state index is 0.945. The molecule has 0 atom stereocenters. The Morgan fingerprint density at radius 2 is 0.415 bits per heavy atom. The molecule has 660 valence electrons. The van der Waals surface area contributed by atoms with E-state index in [1.807, 2.05) is 52.8 Å². The topological polar surface area (TPSA) is 124 Å². The quantitative estimate of drug-likeness (QED) is 0.116. The van der Waals surface area contributed by atoms with Crippen LogP contribution in [0, 0.1) is 0 Å². The molecule has 0 saturated heterocycles. The molecule has 7 aromatic carbocycles. The fourth-order valence-corrected chi connectivity index (χ4v) is 37.7. The van der Waals surface area contributed by atoms with Gasteiger partial charge in [-0.3, -0.25) is 0 Å². The van der Waals surface area contributed by atoms with Gasteiger partial charge in [0.2, 0.25) is 0 Å². The largest absolute Gasteiger partial charge is 0.461 e. The Labute approximate surface area is 819 Å². The third kappa shape index (κ3) is 5.80. The molecule has 44 heterocycles. The Hall–Kier alpha value is -19.1. The Kier molecular flexibility index (Phi) is 8.90. The molecular weight excluding hydrogens is 1870 g/mol. The zero-order valence-electron chi connectivity index (χ0n) is 75.8. The number of aromatic amines is 2. The maximum absolute atomic E-state index is 6.36. The number of furan rings is 3. The molecule has 20 heteroatoms. The van der Waals surface area contributed by atoms with Crippen molar-refractivity contribution in [1.82, 2.24) is 62.8 Å². The van der Waals surface area contributed by atoms with Crippen molar-refractivity contribution in [3.05, 3.63) is 258 Å². The van der Waals surface area contributed by atoms with Gasteiger partial charge in [-0.2, -0.15) is 0 Å². The van der Waals surface area contributed by atoms with Gasteiger partial charge in [0.25, 0.3) is 0 Å². The summed E-state index contributed by atoms with van der Waals surface area (Å²) in [6.07, 6.45) is 13.7. The van der Waals surface area contributed by atoms with Gasteiger partial charge in [-0.15, -0.1) is 34.0 Å². The van der Waals surface area contributed by atoms with Crippen LogP contribution in [-0.2, 0) is 6.42 Å². The third-order valence-electron chi connectivity index (χ3n) is 39.1. The van der Waals surface area contributed by atoms with Crippen molar-refractivity contribution in [3.8, 4) is 0 Å². The molecule has 0 unspecified atom stereocenters. The fourth-order valence-electron chi connectivity index (χ4n) is 34.5. The standard InChI is InChI=1S/C36H15N3.C31H13N5.C30H9N3O3.C30H9N3S3/c1-4-16-22-10-12-24-18-6-2-8-20-26-14-15-27-21-9-3-7-19-25-13-11-23-17(5-1)28(16)31-34(37(22)24)32(29(18)20)36(39(26)27)33(30(19)21)35(31)38(23)25;1-2-12-16-5-7-19-27-23-14(10-33-27)18-6-8-20-28-22-13(9-32-28)17-4-3-15-11(1)21(12)24-29(34(15)17)25(22)31(36(18)20)26(23)30(24)35(16)19;2*1-4-16-28-20-11(8-35-28)14-3-6-18-30-21-12(9-36-30)15-2-5-17-29-19-10(7-34-29)13(1)31(16)25-22(19)26(32(15)17)24(21)27(23(20)25)33(14)18/h1-15H;2-10,32-33H,1H2;2*1-9H. The molecule has 51 aromatic rings. The number of hydrogen-bond donors (Lipinski definition) is 2. The van der Waals surface area contributed by atoms with Crippen molar-refractivity contribution >= 4 is 485 Å². The molecule has 0 fully saturated rings. The minimum Gasteiger partial charge on any atom is -0.461 e. The Bertz CT molecular complexity index is 13100. The van der Waals surface area contributed by atoms with Gasteiger partial charge < -0.3 is 76.0 Å². The first-order valence-electron chi connectivity index (χ1n) is 50.8. The van der Waals surface area contributed by atoms with Crippen LogP contribution in [-0.4, -0.2) is 62.8 Å². The lowest BCUT2D eigenvalue weighted by molar-refractivity contribution is 0.621. The highest BCUT2D eigenvalue weighted by molar-refractivity contribution is 7.20. The Morgan fingerprint density at radius 1 is 0.184 bits per heavy atom. The summed E-state index contributed by atoms with van der Waals surface area (Å²) in [5.74, 6) is 0. The zero-order chi connectivity index (χ0) is 91.5. The first-order chi connectivity index (χ1) is 73.1. The first-order valence-corrected chi connectivity index (χ1v) is 53.4. The first kappa shape index (κ1) is 66.6. The lowest BCUT2D eigenvalue weighted by atomic mass is 9.88. The van der Waals surface area contributed by atoms with Crippen LogP contribution in [0.4, 0.5) is 0 Å². The summed E-state index contributed by atoms with van der Waals surface area (Å²) in [4.78, 5) is 7.42. The molecule has 0 radical (unpaired) electrons. The van der Waals surface area contributed by atoms with Crippen molar-refractivity contribution in [3.63, 3.8) is 0 Å². The fraction of sp³-hybridized carbons (Fsp3) is 0.00787. The van der Waals surface area contributed by atoms with Crippen molar-refractivity contribution in [1.29, 1.82) is 0 Å². The van der Waals surface area contributed by atoms with E-state index in [1.54, 1.807) is 0 Å². The molecule has 44 aromatic heterocycles. The van der Waals surface area contributed by atoms with E-state index in [1.165, 1.54) is 390 Å². The van der Waals surface area contributed by atoms with Crippen LogP contribution in [0.15, 0.2) is 261 Å². The number of hydrogen-bond acceptors (Lipinski definition) is 6. The molecule has 0 spiro atoms. The summed E-state index contributed by atoms with van der Waals surface area (Å²) in [5.41, 5.74) is 53.6. The van der Waals surface area contributed by atoms with Crippen molar-refractivity contribution in [2.45, 2.75) is 6.42 Å². The van der Waals surface area contributed by atoms with Gasteiger partial charge in [0.05, 0.1) is 224 Å². The normalized spacial score (nSPS) is 14.7. The maximum Gasteiger partial charge on any atom is 0.159 e. The lowest BCUT2D eigenvalue weighted by Gasteiger charge is -2.27. The van der Waals surface area contributed by atoms with E-state index in [4.69, 9.17) is 13.3 Å². The van der Waals surface area contributed by atoms with Gasteiger partial charge in [-0.1, -0.05) is 60.7 Å². The van der Waals surface area contributed by atoms with E-state index in [0.717, 1.165) is 72.4 Å². The number of fused-ring (bicyclic) bond motifs is 24. The molecule has 0 saturated carbocycles. The number of nitrogens with one attached hydrogen (secondary N) is 2. The van der Waals surface area contributed by atoms with Crippen LogP contribution in [0.1, 0.15) is 5.56 Å². The number of nitrogens with zero attached hydrogens (tertiary/aromatic N) is 12. The van der Waals surface area contributed by atoms with E-state index in [9.17, 15) is 0 Å². The van der Waals surface area contributed by atoms with E-state index in [2.05, 4.69) is 298 Å². The number of rotatable bonds is 0. The highest BCUT2D eigenvalue weighted by atomic mass is 32.1. The summed E-state index contributed by atoms with van der Waals surface area (Å²) < 4.78 is 53.8. The second-order valence-electron chi connectivity index (χ2n) is 43.8. The Morgan fingerprint density at radius 3 is 0.762 bits per heavy atom. The van der Waals surface area contributed by atoms with E-state index >= 15 is 0 Å². The summed E-state index contributed by atoms with van der Waals surface area (Å²) >= 11 is 5.74. The molecule has 2 N–H and O–H groups in total. The van der Waals surface area contributed by atoms with Gasteiger partial charge >= 0.3 is 0 Å². The molecule has 0 bridgehead atoms. The molecule has 17 nitrogen and oxygen atoms in total. The number of benzene rings is 7. The number of thiophene rings is 3. The SMILES string of the molecule is C1=c2c3c(c4ccc5c6c[nH]c7c6c6c(c3c3c8c9c(c[nH]c9c9ccc2n93)c2ccc7n2c68)n45)C1.c1cc2c3c(c1)c1ccc4c5cccc6c5c5c(c3c3c7c8c(cccc8c8ccc6n8c75)c5ccc2n53)n14.c1oc2c3c1c1ccc4c5occ6c5c5c(c3c3c7c8c(coc8c8ccc6n8c57)c5ccc2n53)n14.c1sc2c3c1c1ccc4c5scc6c5c5c(c3c3c7c8c(csc8c8ccc6n8c57)c5ccc2n53)n14. The predicted molar refractivity (Wildman–Crippen MR) is 610 cm³/mol. The summed E-state index contributed by atoms with van der Waals surface area (Å²) in [6, 6.07) is 76.2. The van der Waals surface area contributed by atoms with Crippen LogP contribution in [0.5, 0.6) is 0 Å². The van der Waals surface area contributed by atoms with Gasteiger partial charge in [0.1, 0.15) is 18.8 Å². The predicted octanol–water partition coefficient (Wildman–Crippen LogP) is 33.9. The summed E-state index contributed by atoms with van der Waals surface area (Å²) in [5, 5.41) is 60.0. The van der Waals surface area contributed by atoms with Crippen LogP contribution in [0.3, 0.4) is 0 Å². The summed E-state index contributed by atoms with van der Waals surface area (Å²) in [6.45, 7) is 0. The van der Waals surface area contributed by atoms with E-state index < -0.39 is 0 Å². The molecule has 1 aliphatic carbocycles. The highest BCUT2D eigenvalue weighted by Crippen LogP contribution is 2.64. The second-order valence-corrected chi connectivity index (χ2v) is 46.5. The number of H-pyrrole nitrogens is 2. The van der Waals surface area contributed by atoms with E-state index in [-0.39, 0.29) is 0 Å². The third-order valence-corrected chi connectivity index (χ3v) is 42.1.